The summed E-state index contributed by atoms with van der Waals surface area (Å²) in [6.45, 7) is 1.47. The minimum Gasteiger partial charge on any atom is -0.478 e. The van der Waals surface area contributed by atoms with E-state index in [4.69, 9.17) is 5.53 Å². The van der Waals surface area contributed by atoms with Crippen LogP contribution in [0.1, 0.15) is 32.6 Å². The van der Waals surface area contributed by atoms with Gasteiger partial charge in [0.25, 0.3) is 15.8 Å². The van der Waals surface area contributed by atoms with Gasteiger partial charge in [-0.1, -0.05) is 24.5 Å². The van der Waals surface area contributed by atoms with E-state index in [0.717, 1.165) is 18.2 Å². The Bertz CT molecular complexity index is 1110. The van der Waals surface area contributed by atoms with Gasteiger partial charge in [-0.2, -0.15) is 8.42 Å². The van der Waals surface area contributed by atoms with Gasteiger partial charge < -0.3 is 10.4 Å². The fraction of sp³-hybridized carbons (Fsp3) is 0.438. The standard InChI is InChI=1S/C16H18N6O9S/c1-2-3-12(32(29,30)31)16(15(25)26,21-13(23)6-7-14(21)24)18-10-5-4-9(19-20-17)8-11(10)22(27)28/h4-5,8,12,18H,2-3,6-7H2,1H3,(H,25,26)(H,29,30,31). The van der Waals surface area contributed by atoms with Gasteiger partial charge in [0, 0.05) is 29.5 Å². The number of azide groups is 1. The number of benzene rings is 1. The number of nitrogens with one attached hydrogen (secondary N) is 1. The minimum atomic E-state index is -5.21. The zero-order chi connectivity index (χ0) is 24.3. The van der Waals surface area contributed by atoms with Crippen molar-refractivity contribution in [2.75, 3.05) is 5.32 Å². The molecule has 3 N–H and O–H groups in total. The maximum atomic E-state index is 12.5. The lowest BCUT2D eigenvalue weighted by molar-refractivity contribution is -0.384. The van der Waals surface area contributed by atoms with E-state index in [1.165, 1.54) is 6.92 Å². The molecule has 2 amide bonds. The molecule has 1 aliphatic heterocycles. The second-order valence-corrected chi connectivity index (χ2v) is 8.36. The number of hydrogen-bond acceptors (Lipinski definition) is 9. The summed E-state index contributed by atoms with van der Waals surface area (Å²) in [4.78, 5) is 50.6. The molecule has 0 saturated carbocycles. The highest BCUT2D eigenvalue weighted by atomic mass is 32.2. The number of nitro groups is 1. The van der Waals surface area contributed by atoms with Crippen molar-refractivity contribution >= 4 is 45.0 Å². The van der Waals surface area contributed by atoms with Crippen molar-refractivity contribution in [1.29, 1.82) is 0 Å². The van der Waals surface area contributed by atoms with E-state index < -0.39 is 74.4 Å². The van der Waals surface area contributed by atoms with Gasteiger partial charge in [-0.05, 0) is 18.0 Å². The number of nitrogens with zero attached hydrogens (tertiary/aromatic N) is 5. The highest BCUT2D eigenvalue weighted by Crippen LogP contribution is 2.38. The van der Waals surface area contributed by atoms with Crippen molar-refractivity contribution in [1.82, 2.24) is 4.90 Å². The van der Waals surface area contributed by atoms with E-state index in [-0.39, 0.29) is 17.0 Å². The molecule has 1 aromatic carbocycles. The lowest BCUT2D eigenvalue weighted by Crippen LogP contribution is -2.70. The molecule has 1 saturated heterocycles. The fourth-order valence-corrected chi connectivity index (χ4v) is 4.70. The van der Waals surface area contributed by atoms with E-state index in [9.17, 15) is 42.6 Å². The summed E-state index contributed by atoms with van der Waals surface area (Å²) < 4.78 is 34.2. The van der Waals surface area contributed by atoms with Crippen molar-refractivity contribution < 1.29 is 37.4 Å². The van der Waals surface area contributed by atoms with Crippen LogP contribution in [0.5, 0.6) is 0 Å². The van der Waals surface area contributed by atoms with Crippen LogP contribution in [-0.4, -0.2) is 56.6 Å². The van der Waals surface area contributed by atoms with Crippen LogP contribution in [-0.2, 0) is 24.5 Å². The number of nitro benzene ring substituents is 1. The molecule has 2 rings (SSSR count). The Hall–Kier alpha value is -3.75. The highest BCUT2D eigenvalue weighted by Gasteiger charge is 2.61. The van der Waals surface area contributed by atoms with Crippen molar-refractivity contribution in [3.63, 3.8) is 0 Å². The molecule has 2 unspecified atom stereocenters. The van der Waals surface area contributed by atoms with Crippen LogP contribution < -0.4 is 5.32 Å². The lowest BCUT2D eigenvalue weighted by atomic mass is 9.98. The number of aliphatic carboxylic acids is 1. The molecule has 32 heavy (non-hydrogen) atoms. The van der Waals surface area contributed by atoms with Gasteiger partial charge in [0.15, 0.2) is 0 Å². The maximum absolute atomic E-state index is 12.5. The second-order valence-electron chi connectivity index (χ2n) is 6.76. The SMILES string of the molecule is CCCC(C(Nc1ccc(N=[N+]=[N-])cc1[N+](=O)[O-])(C(=O)O)N1C(=O)CCC1=O)S(=O)(=O)O. The molecule has 172 valence electrons. The average Bonchev–Trinajstić information content (AvgIpc) is 3.03. The molecule has 0 bridgehead atoms. The first-order valence-corrected chi connectivity index (χ1v) is 10.6. The Kier molecular flexibility index (Phi) is 7.03. The summed E-state index contributed by atoms with van der Waals surface area (Å²) >= 11 is 0. The van der Waals surface area contributed by atoms with E-state index in [1.54, 1.807) is 0 Å². The van der Waals surface area contributed by atoms with E-state index in [1.807, 2.05) is 0 Å². The van der Waals surface area contributed by atoms with Gasteiger partial charge >= 0.3 is 5.97 Å². The highest BCUT2D eigenvalue weighted by molar-refractivity contribution is 7.86. The van der Waals surface area contributed by atoms with Crippen molar-refractivity contribution in [3.05, 3.63) is 38.8 Å². The first kappa shape index (κ1) is 24.5. The number of hydrogen-bond donors (Lipinski definition) is 3. The molecular formula is C16H18N6O9S. The minimum absolute atomic E-state index is 0.00923. The summed E-state index contributed by atoms with van der Waals surface area (Å²) in [6, 6.07) is 2.78. The number of anilines is 1. The monoisotopic (exact) mass is 470 g/mol. The summed E-state index contributed by atoms with van der Waals surface area (Å²) in [5.74, 6) is -4.11. The predicted molar refractivity (Wildman–Crippen MR) is 107 cm³/mol. The maximum Gasteiger partial charge on any atom is 0.352 e. The zero-order valence-corrected chi connectivity index (χ0v) is 17.4. The van der Waals surface area contributed by atoms with E-state index in [2.05, 4.69) is 15.3 Å². The van der Waals surface area contributed by atoms with Gasteiger partial charge in [-0.25, -0.2) is 9.69 Å². The zero-order valence-electron chi connectivity index (χ0n) is 16.5. The molecule has 0 aliphatic carbocycles. The Morgan fingerprint density at radius 2 is 2.00 bits per heavy atom. The molecule has 1 fully saturated rings. The van der Waals surface area contributed by atoms with Gasteiger partial charge in [-0.3, -0.25) is 24.3 Å². The number of rotatable bonds is 10. The third-order valence-corrected chi connectivity index (χ3v) is 6.07. The Balaban J connectivity index is 2.87. The lowest BCUT2D eigenvalue weighted by Gasteiger charge is -2.41. The normalized spacial score (nSPS) is 16.8. The largest absolute Gasteiger partial charge is 0.478 e. The van der Waals surface area contributed by atoms with Crippen molar-refractivity contribution in [2.24, 2.45) is 5.11 Å². The first-order valence-electron chi connectivity index (χ1n) is 9.07. The quantitative estimate of drug-likeness (QED) is 0.0854. The smallest absolute Gasteiger partial charge is 0.352 e. The molecular weight excluding hydrogens is 452 g/mol. The van der Waals surface area contributed by atoms with Crippen LogP contribution in [0.3, 0.4) is 0 Å². The molecule has 0 radical (unpaired) electrons. The van der Waals surface area contributed by atoms with Gasteiger partial charge in [0.2, 0.25) is 17.5 Å². The average molecular weight is 470 g/mol. The second kappa shape index (κ2) is 9.17. The first-order chi connectivity index (χ1) is 14.9. The fourth-order valence-electron chi connectivity index (χ4n) is 3.47. The number of imide groups is 1. The van der Waals surface area contributed by atoms with Gasteiger partial charge in [0.1, 0.15) is 10.9 Å². The number of likely N-dealkylation sites (tertiary alicyclic amines) is 1. The van der Waals surface area contributed by atoms with Gasteiger partial charge in [0.05, 0.1) is 4.92 Å². The van der Waals surface area contributed by atoms with E-state index in [0.29, 0.717) is 0 Å². The Labute approximate surface area is 180 Å². The van der Waals surface area contributed by atoms with Gasteiger partial charge in [-0.15, -0.1) is 0 Å². The van der Waals surface area contributed by atoms with Crippen LogP contribution in [0, 0.1) is 10.1 Å². The summed E-state index contributed by atoms with van der Waals surface area (Å²) in [5.41, 5.74) is 3.79. The number of carbonyl (C=O) groups excluding carboxylic acids is 2. The van der Waals surface area contributed by atoms with Crippen LogP contribution in [0.2, 0.25) is 0 Å². The molecule has 0 spiro atoms. The number of amides is 2. The third kappa shape index (κ3) is 4.46. The molecule has 1 aromatic rings. The van der Waals surface area contributed by atoms with Crippen LogP contribution >= 0.6 is 0 Å². The molecule has 15 nitrogen and oxygen atoms in total. The molecule has 16 heteroatoms. The summed E-state index contributed by atoms with van der Waals surface area (Å²) in [5, 5.41) is 24.7. The van der Waals surface area contributed by atoms with E-state index >= 15 is 0 Å². The molecule has 1 heterocycles. The summed E-state index contributed by atoms with van der Waals surface area (Å²) in [6.07, 6.45) is -1.34. The number of carboxylic acid groups (broad SMARTS) is 1. The van der Waals surface area contributed by atoms with Crippen molar-refractivity contribution in [2.45, 2.75) is 43.5 Å². The Morgan fingerprint density at radius 3 is 2.44 bits per heavy atom. The number of carbonyl (C=O) groups is 3. The molecule has 2 atom stereocenters. The van der Waals surface area contributed by atoms with Crippen LogP contribution in [0.15, 0.2) is 23.3 Å². The van der Waals surface area contributed by atoms with Crippen LogP contribution in [0.4, 0.5) is 17.1 Å². The Morgan fingerprint density at radius 1 is 1.41 bits per heavy atom. The molecule has 1 aliphatic rings. The predicted octanol–water partition coefficient (Wildman–Crippen LogP) is 1.93. The third-order valence-electron chi connectivity index (χ3n) is 4.77. The van der Waals surface area contributed by atoms with Crippen LogP contribution in [0.25, 0.3) is 10.4 Å². The molecule has 0 aromatic heterocycles. The summed E-state index contributed by atoms with van der Waals surface area (Å²) in [7, 11) is -5.21. The van der Waals surface area contributed by atoms with Crippen molar-refractivity contribution in [3.8, 4) is 0 Å². The number of carboxylic acids is 1. The topological polar surface area (TPSA) is 233 Å².